The SMILES string of the molecule is O=S(=O)(c1ccccc1O)N1CCC2(CCCC2)CC1. The Labute approximate surface area is 120 Å². The number of piperidine rings is 1. The van der Waals surface area contributed by atoms with Gasteiger partial charge in [0.15, 0.2) is 0 Å². The van der Waals surface area contributed by atoms with Gasteiger partial charge in [0.1, 0.15) is 10.6 Å². The maximum atomic E-state index is 12.6. The van der Waals surface area contributed by atoms with Crippen molar-refractivity contribution in [2.45, 2.75) is 43.4 Å². The molecule has 0 bridgehead atoms. The van der Waals surface area contributed by atoms with Crippen LogP contribution in [0.25, 0.3) is 0 Å². The first-order chi connectivity index (χ1) is 9.54. The van der Waals surface area contributed by atoms with Crippen molar-refractivity contribution in [3.8, 4) is 5.75 Å². The molecule has 2 aliphatic rings. The van der Waals surface area contributed by atoms with Crippen molar-refractivity contribution in [3.63, 3.8) is 0 Å². The molecule has 4 nitrogen and oxygen atoms in total. The number of hydrogen-bond donors (Lipinski definition) is 1. The van der Waals surface area contributed by atoms with Gasteiger partial charge in [-0.3, -0.25) is 0 Å². The molecule has 1 heterocycles. The van der Waals surface area contributed by atoms with E-state index in [1.165, 1.54) is 42.1 Å². The van der Waals surface area contributed by atoms with Crippen molar-refractivity contribution in [1.82, 2.24) is 4.31 Å². The molecular weight excluding hydrogens is 274 g/mol. The zero-order chi connectivity index (χ0) is 14.2. The van der Waals surface area contributed by atoms with Crippen LogP contribution in [0, 0.1) is 5.41 Å². The minimum absolute atomic E-state index is 0.0300. The molecule has 3 rings (SSSR count). The first-order valence-electron chi connectivity index (χ1n) is 7.32. The van der Waals surface area contributed by atoms with Crippen LogP contribution >= 0.6 is 0 Å². The third-order valence-corrected chi connectivity index (χ3v) is 6.88. The van der Waals surface area contributed by atoms with Gasteiger partial charge in [-0.2, -0.15) is 4.31 Å². The second kappa shape index (κ2) is 5.04. The maximum Gasteiger partial charge on any atom is 0.246 e. The van der Waals surface area contributed by atoms with Gasteiger partial charge < -0.3 is 5.11 Å². The van der Waals surface area contributed by atoms with Gasteiger partial charge in [0.2, 0.25) is 10.0 Å². The van der Waals surface area contributed by atoms with Crippen molar-refractivity contribution in [2.24, 2.45) is 5.41 Å². The fraction of sp³-hybridized carbons (Fsp3) is 0.600. The Morgan fingerprint density at radius 1 is 1.00 bits per heavy atom. The number of phenols is 1. The van der Waals surface area contributed by atoms with E-state index in [0.29, 0.717) is 18.5 Å². The lowest BCUT2D eigenvalue weighted by atomic mass is 9.78. The largest absolute Gasteiger partial charge is 0.507 e. The van der Waals surface area contributed by atoms with Crippen LogP contribution in [0.3, 0.4) is 0 Å². The summed E-state index contributed by atoms with van der Waals surface area (Å²) in [6, 6.07) is 6.19. The van der Waals surface area contributed by atoms with Crippen LogP contribution in [-0.4, -0.2) is 30.9 Å². The van der Waals surface area contributed by atoms with Crippen LogP contribution in [0.15, 0.2) is 29.2 Å². The number of rotatable bonds is 2. The summed E-state index contributed by atoms with van der Waals surface area (Å²) in [5.41, 5.74) is 0.394. The van der Waals surface area contributed by atoms with Gasteiger partial charge in [-0.15, -0.1) is 0 Å². The van der Waals surface area contributed by atoms with Gasteiger partial charge in [-0.05, 0) is 43.2 Å². The standard InChI is InChI=1S/C15H21NO3S/c17-13-5-1-2-6-14(13)20(18,19)16-11-9-15(10-12-16)7-3-4-8-15/h1-2,5-6,17H,3-4,7-12H2. The summed E-state index contributed by atoms with van der Waals surface area (Å²) in [7, 11) is -3.56. The molecule has 1 aromatic carbocycles. The molecule has 1 spiro atoms. The quantitative estimate of drug-likeness (QED) is 0.912. The third-order valence-electron chi connectivity index (χ3n) is 4.93. The number of aromatic hydroxyl groups is 1. The Hall–Kier alpha value is -1.07. The number of nitrogens with zero attached hydrogens (tertiary/aromatic N) is 1. The molecule has 1 aliphatic heterocycles. The Bertz CT molecular complexity index is 581. The average Bonchev–Trinajstić information content (AvgIpc) is 2.88. The van der Waals surface area contributed by atoms with Gasteiger partial charge in [0.05, 0.1) is 0 Å². The summed E-state index contributed by atoms with van der Waals surface area (Å²) in [5, 5.41) is 9.78. The molecule has 1 aromatic rings. The van der Waals surface area contributed by atoms with E-state index in [4.69, 9.17) is 0 Å². The summed E-state index contributed by atoms with van der Waals surface area (Å²) in [4.78, 5) is 0.0300. The molecule has 20 heavy (non-hydrogen) atoms. The highest BCUT2D eigenvalue weighted by Gasteiger charge is 2.40. The second-order valence-corrected chi connectivity index (χ2v) is 7.99. The fourth-order valence-electron chi connectivity index (χ4n) is 3.64. The fourth-order valence-corrected chi connectivity index (χ4v) is 5.16. The summed E-state index contributed by atoms with van der Waals surface area (Å²) < 4.78 is 26.7. The molecule has 1 saturated heterocycles. The molecule has 1 N–H and O–H groups in total. The predicted molar refractivity (Wildman–Crippen MR) is 77.0 cm³/mol. The van der Waals surface area contributed by atoms with Crippen molar-refractivity contribution in [3.05, 3.63) is 24.3 Å². The van der Waals surface area contributed by atoms with Crippen LogP contribution in [-0.2, 0) is 10.0 Å². The van der Waals surface area contributed by atoms with Crippen molar-refractivity contribution >= 4 is 10.0 Å². The van der Waals surface area contributed by atoms with E-state index in [1.807, 2.05) is 0 Å². The lowest BCUT2D eigenvalue weighted by molar-refractivity contribution is 0.160. The van der Waals surface area contributed by atoms with E-state index >= 15 is 0 Å². The first kappa shape index (κ1) is 13.9. The Kier molecular flexibility index (Phi) is 3.50. The summed E-state index contributed by atoms with van der Waals surface area (Å²) >= 11 is 0. The summed E-state index contributed by atoms with van der Waals surface area (Å²) in [5.74, 6) is -0.159. The number of para-hydroxylation sites is 1. The zero-order valence-electron chi connectivity index (χ0n) is 11.6. The molecule has 0 unspecified atom stereocenters. The van der Waals surface area contributed by atoms with Gasteiger partial charge >= 0.3 is 0 Å². The zero-order valence-corrected chi connectivity index (χ0v) is 12.4. The summed E-state index contributed by atoms with van der Waals surface area (Å²) in [6.07, 6.45) is 6.98. The number of sulfonamides is 1. The highest BCUT2D eigenvalue weighted by Crippen LogP contribution is 2.46. The minimum atomic E-state index is -3.56. The van der Waals surface area contributed by atoms with Crippen LogP contribution in [0.1, 0.15) is 38.5 Å². The molecule has 0 amide bonds. The smallest absolute Gasteiger partial charge is 0.246 e. The molecule has 5 heteroatoms. The monoisotopic (exact) mass is 295 g/mol. The molecule has 1 aliphatic carbocycles. The summed E-state index contributed by atoms with van der Waals surface area (Å²) in [6.45, 7) is 1.16. The van der Waals surface area contributed by atoms with Crippen LogP contribution in [0.5, 0.6) is 5.75 Å². The number of phenolic OH excluding ortho intramolecular Hbond substituents is 1. The number of hydrogen-bond acceptors (Lipinski definition) is 3. The highest BCUT2D eigenvalue weighted by molar-refractivity contribution is 7.89. The molecule has 2 fully saturated rings. The van der Waals surface area contributed by atoms with E-state index < -0.39 is 10.0 Å². The van der Waals surface area contributed by atoms with Crippen molar-refractivity contribution in [2.75, 3.05) is 13.1 Å². The van der Waals surface area contributed by atoms with Gasteiger partial charge in [-0.1, -0.05) is 25.0 Å². The van der Waals surface area contributed by atoms with Crippen molar-refractivity contribution in [1.29, 1.82) is 0 Å². The van der Waals surface area contributed by atoms with Crippen molar-refractivity contribution < 1.29 is 13.5 Å². The maximum absolute atomic E-state index is 12.6. The first-order valence-corrected chi connectivity index (χ1v) is 8.76. The molecule has 0 radical (unpaired) electrons. The second-order valence-electron chi connectivity index (χ2n) is 6.08. The normalized spacial score (nSPS) is 23.2. The van der Waals surface area contributed by atoms with Gasteiger partial charge in [0, 0.05) is 13.1 Å². The molecular formula is C15H21NO3S. The topological polar surface area (TPSA) is 57.6 Å². The van der Waals surface area contributed by atoms with E-state index in [1.54, 1.807) is 12.1 Å². The Balaban J connectivity index is 1.79. The van der Waals surface area contributed by atoms with Crippen LogP contribution < -0.4 is 0 Å². The molecule has 0 aromatic heterocycles. The van der Waals surface area contributed by atoms with Gasteiger partial charge in [-0.25, -0.2) is 8.42 Å². The van der Waals surface area contributed by atoms with E-state index in [-0.39, 0.29) is 10.6 Å². The van der Waals surface area contributed by atoms with E-state index in [0.717, 1.165) is 12.8 Å². The average molecular weight is 295 g/mol. The third kappa shape index (κ3) is 2.33. The van der Waals surface area contributed by atoms with E-state index in [9.17, 15) is 13.5 Å². The molecule has 1 saturated carbocycles. The van der Waals surface area contributed by atoms with Gasteiger partial charge in [0.25, 0.3) is 0 Å². The van der Waals surface area contributed by atoms with Crippen LogP contribution in [0.2, 0.25) is 0 Å². The lowest BCUT2D eigenvalue weighted by Gasteiger charge is -2.38. The van der Waals surface area contributed by atoms with E-state index in [2.05, 4.69) is 0 Å². The predicted octanol–water partition coefficient (Wildman–Crippen LogP) is 2.74. The Morgan fingerprint density at radius 2 is 1.60 bits per heavy atom. The number of benzene rings is 1. The highest BCUT2D eigenvalue weighted by atomic mass is 32.2. The molecule has 0 atom stereocenters. The minimum Gasteiger partial charge on any atom is -0.507 e. The lowest BCUT2D eigenvalue weighted by Crippen LogP contribution is -2.42. The Morgan fingerprint density at radius 3 is 2.20 bits per heavy atom. The molecule has 110 valence electrons. The van der Waals surface area contributed by atoms with Crippen LogP contribution in [0.4, 0.5) is 0 Å².